The molecule has 22 heavy (non-hydrogen) atoms. The number of aromatic nitrogens is 1. The van der Waals surface area contributed by atoms with Crippen molar-refractivity contribution in [2.45, 2.75) is 24.1 Å². The quantitative estimate of drug-likeness (QED) is 0.878. The van der Waals surface area contributed by atoms with E-state index in [1.807, 2.05) is 42.5 Å². The molecule has 1 heterocycles. The minimum atomic E-state index is 0.0838. The van der Waals surface area contributed by atoms with E-state index in [2.05, 4.69) is 10.3 Å². The van der Waals surface area contributed by atoms with Gasteiger partial charge in [0, 0.05) is 28.9 Å². The molecule has 0 aliphatic heterocycles. The van der Waals surface area contributed by atoms with Gasteiger partial charge in [-0.15, -0.1) is 11.8 Å². The van der Waals surface area contributed by atoms with Crippen LogP contribution in [0.2, 0.25) is 5.02 Å². The second-order valence-electron chi connectivity index (χ2n) is 5.35. The molecule has 0 spiro atoms. The molecular formula is C17H17ClN2OS. The maximum Gasteiger partial charge on any atom is 0.230 e. The Morgan fingerprint density at radius 2 is 2.09 bits per heavy atom. The van der Waals surface area contributed by atoms with Crippen LogP contribution >= 0.6 is 23.4 Å². The topological polar surface area (TPSA) is 42.0 Å². The van der Waals surface area contributed by atoms with Gasteiger partial charge in [-0.25, -0.2) is 0 Å². The molecule has 1 aromatic carbocycles. The van der Waals surface area contributed by atoms with Crippen molar-refractivity contribution in [3.05, 3.63) is 64.9 Å². The lowest BCUT2D eigenvalue weighted by Gasteiger charge is -2.06. The van der Waals surface area contributed by atoms with E-state index in [9.17, 15) is 4.79 Å². The predicted octanol–water partition coefficient (Wildman–Crippen LogP) is 3.64. The summed E-state index contributed by atoms with van der Waals surface area (Å²) >= 11 is 7.77. The minimum absolute atomic E-state index is 0.0838. The summed E-state index contributed by atoms with van der Waals surface area (Å²) in [5, 5.41) is 3.86. The second kappa shape index (κ2) is 7.16. The van der Waals surface area contributed by atoms with E-state index >= 15 is 0 Å². The van der Waals surface area contributed by atoms with Gasteiger partial charge in [-0.1, -0.05) is 35.9 Å². The van der Waals surface area contributed by atoms with Crippen LogP contribution in [0.5, 0.6) is 0 Å². The van der Waals surface area contributed by atoms with Crippen molar-refractivity contribution < 1.29 is 4.79 Å². The molecule has 114 valence electrons. The molecule has 5 heteroatoms. The number of carbonyl (C=O) groups is 1. The van der Waals surface area contributed by atoms with Crippen LogP contribution in [0.25, 0.3) is 0 Å². The first-order valence-corrected chi connectivity index (χ1v) is 8.79. The molecule has 1 fully saturated rings. The molecule has 1 aromatic heterocycles. The molecule has 0 unspecified atom stereocenters. The summed E-state index contributed by atoms with van der Waals surface area (Å²) in [5.74, 6) is 1.66. The fourth-order valence-corrected chi connectivity index (χ4v) is 3.48. The van der Waals surface area contributed by atoms with Crippen LogP contribution in [-0.2, 0) is 10.5 Å². The van der Waals surface area contributed by atoms with Gasteiger partial charge < -0.3 is 5.32 Å². The Morgan fingerprint density at radius 1 is 1.27 bits per heavy atom. The molecule has 3 nitrogen and oxygen atoms in total. The molecule has 2 atom stereocenters. The average Bonchev–Trinajstić information content (AvgIpc) is 3.27. The number of rotatable bonds is 6. The molecule has 0 bridgehead atoms. The molecule has 1 aliphatic carbocycles. The van der Waals surface area contributed by atoms with Gasteiger partial charge in [0.2, 0.25) is 5.91 Å². The molecule has 0 radical (unpaired) electrons. The normalized spacial score (nSPS) is 19.7. The van der Waals surface area contributed by atoms with Crippen molar-refractivity contribution in [3.8, 4) is 0 Å². The van der Waals surface area contributed by atoms with Crippen molar-refractivity contribution in [2.75, 3.05) is 5.75 Å². The van der Waals surface area contributed by atoms with E-state index in [1.54, 1.807) is 18.0 Å². The van der Waals surface area contributed by atoms with Gasteiger partial charge in [-0.3, -0.25) is 9.78 Å². The number of nitrogens with zero attached hydrogens (tertiary/aromatic N) is 1. The highest BCUT2D eigenvalue weighted by Crippen LogP contribution is 2.43. The highest BCUT2D eigenvalue weighted by Gasteiger charge is 2.40. The fraction of sp³-hybridized carbons (Fsp3) is 0.294. The van der Waals surface area contributed by atoms with Crippen molar-refractivity contribution in [3.63, 3.8) is 0 Å². The number of benzene rings is 1. The van der Waals surface area contributed by atoms with Crippen molar-refractivity contribution >= 4 is 29.3 Å². The van der Waals surface area contributed by atoms with Gasteiger partial charge in [0.05, 0.1) is 11.4 Å². The lowest BCUT2D eigenvalue weighted by Crippen LogP contribution is -2.28. The number of nitrogens with one attached hydrogen (secondary N) is 1. The van der Waals surface area contributed by atoms with Crippen LogP contribution in [0, 0.1) is 0 Å². The molecular weight excluding hydrogens is 316 g/mol. The zero-order valence-corrected chi connectivity index (χ0v) is 13.6. The van der Waals surface area contributed by atoms with Crippen molar-refractivity contribution in [2.24, 2.45) is 0 Å². The third-order valence-electron chi connectivity index (χ3n) is 3.65. The molecule has 1 aliphatic rings. The Balaban J connectivity index is 1.41. The number of halogens is 1. The number of hydrogen-bond donors (Lipinski definition) is 1. The molecule has 3 rings (SSSR count). The van der Waals surface area contributed by atoms with Crippen LogP contribution in [0.15, 0.2) is 48.7 Å². The Morgan fingerprint density at radius 3 is 2.86 bits per heavy atom. The molecule has 1 N–H and O–H groups in total. The maximum absolute atomic E-state index is 12.0. The van der Waals surface area contributed by atoms with Crippen molar-refractivity contribution in [1.82, 2.24) is 10.3 Å². The summed E-state index contributed by atoms with van der Waals surface area (Å²) in [7, 11) is 0. The lowest BCUT2D eigenvalue weighted by atomic mass is 10.1. The van der Waals surface area contributed by atoms with Crippen LogP contribution in [0.4, 0.5) is 0 Å². The van der Waals surface area contributed by atoms with Gasteiger partial charge in [-0.05, 0) is 30.2 Å². The minimum Gasteiger partial charge on any atom is -0.352 e. The summed E-state index contributed by atoms with van der Waals surface area (Å²) < 4.78 is 0. The van der Waals surface area contributed by atoms with E-state index in [1.165, 1.54) is 0 Å². The first kappa shape index (κ1) is 15.4. The smallest absolute Gasteiger partial charge is 0.230 e. The Labute approximate surface area is 139 Å². The summed E-state index contributed by atoms with van der Waals surface area (Å²) in [4.78, 5) is 16.2. The summed E-state index contributed by atoms with van der Waals surface area (Å²) in [6.45, 7) is 0. The lowest BCUT2D eigenvalue weighted by molar-refractivity contribution is -0.118. The van der Waals surface area contributed by atoms with Gasteiger partial charge in [0.25, 0.3) is 0 Å². The van der Waals surface area contributed by atoms with E-state index in [4.69, 9.17) is 11.6 Å². The summed E-state index contributed by atoms with van der Waals surface area (Å²) in [6, 6.07) is 13.9. The maximum atomic E-state index is 12.0. The van der Waals surface area contributed by atoms with E-state index < -0.39 is 0 Å². The fourth-order valence-electron chi connectivity index (χ4n) is 2.45. The van der Waals surface area contributed by atoms with Crippen LogP contribution in [0.1, 0.15) is 23.6 Å². The monoisotopic (exact) mass is 332 g/mol. The molecule has 1 amide bonds. The number of thioether (sulfide) groups is 1. The van der Waals surface area contributed by atoms with Crippen molar-refractivity contribution in [1.29, 1.82) is 0 Å². The van der Waals surface area contributed by atoms with Crippen LogP contribution in [-0.4, -0.2) is 22.7 Å². The van der Waals surface area contributed by atoms with E-state index in [-0.39, 0.29) is 11.9 Å². The van der Waals surface area contributed by atoms with Gasteiger partial charge in [0.15, 0.2) is 0 Å². The largest absolute Gasteiger partial charge is 0.352 e. The summed E-state index contributed by atoms with van der Waals surface area (Å²) in [6.07, 6.45) is 2.74. The third kappa shape index (κ3) is 4.02. The Bertz CT molecular complexity index is 650. The zero-order chi connectivity index (χ0) is 15.4. The molecule has 1 saturated carbocycles. The molecule has 0 saturated heterocycles. The van der Waals surface area contributed by atoms with Crippen LogP contribution in [0.3, 0.4) is 0 Å². The number of hydrogen-bond acceptors (Lipinski definition) is 3. The first-order chi connectivity index (χ1) is 10.7. The SMILES string of the molecule is O=C(CSCc1ccccn1)N[C@@H]1C[C@H]1c1ccccc1Cl. The predicted molar refractivity (Wildman–Crippen MR) is 91.1 cm³/mol. The van der Waals surface area contributed by atoms with E-state index in [0.29, 0.717) is 11.7 Å². The third-order valence-corrected chi connectivity index (χ3v) is 4.96. The highest BCUT2D eigenvalue weighted by molar-refractivity contribution is 7.99. The zero-order valence-electron chi connectivity index (χ0n) is 12.0. The highest BCUT2D eigenvalue weighted by atomic mass is 35.5. The Hall–Kier alpha value is -1.52. The number of pyridine rings is 1. The van der Waals surface area contributed by atoms with Gasteiger partial charge in [0.1, 0.15) is 0 Å². The second-order valence-corrected chi connectivity index (χ2v) is 6.74. The first-order valence-electron chi connectivity index (χ1n) is 7.25. The summed E-state index contributed by atoms with van der Waals surface area (Å²) in [5.41, 5.74) is 2.14. The number of amides is 1. The number of carbonyl (C=O) groups excluding carboxylic acids is 1. The average molecular weight is 333 g/mol. The van der Waals surface area contributed by atoms with Gasteiger partial charge in [-0.2, -0.15) is 0 Å². The van der Waals surface area contributed by atoms with E-state index in [0.717, 1.165) is 28.5 Å². The Kier molecular flexibility index (Phi) is 5.01. The van der Waals surface area contributed by atoms with Gasteiger partial charge >= 0.3 is 0 Å². The standard InChI is InChI=1S/C17H17ClN2OS/c18-15-7-2-1-6-13(15)14-9-16(14)20-17(21)11-22-10-12-5-3-4-8-19-12/h1-8,14,16H,9-11H2,(H,20,21)/t14-,16+/m0/s1. The molecule has 2 aromatic rings. The van der Waals surface area contributed by atoms with Crippen LogP contribution < -0.4 is 5.32 Å².